The van der Waals surface area contributed by atoms with Crippen molar-refractivity contribution in [3.8, 4) is 0 Å². The summed E-state index contributed by atoms with van der Waals surface area (Å²) in [4.78, 5) is 2.40. The Kier molecular flexibility index (Phi) is 7.48. The molecule has 0 fully saturated rings. The molecule has 0 saturated carbocycles. The summed E-state index contributed by atoms with van der Waals surface area (Å²) in [5.74, 6) is 0.677. The van der Waals surface area contributed by atoms with Crippen molar-refractivity contribution in [3.05, 3.63) is 71.3 Å². The molecule has 2 nitrogen and oxygen atoms in total. The second-order valence-corrected chi connectivity index (χ2v) is 7.19. The fourth-order valence-corrected chi connectivity index (χ4v) is 2.95. The van der Waals surface area contributed by atoms with Gasteiger partial charge >= 0.3 is 0 Å². The summed E-state index contributed by atoms with van der Waals surface area (Å²) in [6.45, 7) is 9.33. The number of hydrogen-bond donors (Lipinski definition) is 1. The third-order valence-electron chi connectivity index (χ3n) is 4.46. The van der Waals surface area contributed by atoms with Gasteiger partial charge < -0.3 is 5.11 Å². The van der Waals surface area contributed by atoms with Crippen LogP contribution < -0.4 is 0 Å². The number of rotatable bonds is 9. The second kappa shape index (κ2) is 9.61. The first-order chi connectivity index (χ1) is 11.5. The van der Waals surface area contributed by atoms with Crippen molar-refractivity contribution in [2.75, 3.05) is 13.1 Å². The molecule has 2 aromatic rings. The van der Waals surface area contributed by atoms with Gasteiger partial charge in [-0.05, 0) is 48.9 Å². The minimum Gasteiger partial charge on any atom is -0.391 e. The van der Waals surface area contributed by atoms with Crippen LogP contribution in [0.2, 0.25) is 0 Å². The van der Waals surface area contributed by atoms with E-state index in [1.807, 2.05) is 18.2 Å². The lowest BCUT2D eigenvalue weighted by molar-refractivity contribution is 0.105. The summed E-state index contributed by atoms with van der Waals surface area (Å²) in [6, 6.07) is 18.8. The maximum Gasteiger partial charge on any atom is 0.0707 e. The highest BCUT2D eigenvalue weighted by Crippen LogP contribution is 2.14. The van der Waals surface area contributed by atoms with Gasteiger partial charge in [0.1, 0.15) is 0 Å². The van der Waals surface area contributed by atoms with Crippen molar-refractivity contribution in [1.82, 2.24) is 4.90 Å². The number of aliphatic hydroxyl groups excluding tert-OH is 1. The van der Waals surface area contributed by atoms with Crippen LogP contribution in [0.15, 0.2) is 54.6 Å². The third kappa shape index (κ3) is 6.46. The molecule has 1 N–H and O–H groups in total. The largest absolute Gasteiger partial charge is 0.391 e. The first-order valence-corrected chi connectivity index (χ1v) is 9.03. The molecule has 0 saturated heterocycles. The summed E-state index contributed by atoms with van der Waals surface area (Å²) >= 11 is 0. The monoisotopic (exact) mass is 325 g/mol. The average Bonchev–Trinajstić information content (AvgIpc) is 2.55. The minimum absolute atomic E-state index is 0.330. The van der Waals surface area contributed by atoms with Crippen LogP contribution in [-0.4, -0.2) is 29.2 Å². The summed E-state index contributed by atoms with van der Waals surface area (Å²) in [7, 11) is 0. The van der Waals surface area contributed by atoms with Crippen molar-refractivity contribution in [2.24, 2.45) is 5.92 Å². The molecular formula is C22H31NO. The molecule has 0 unspecified atom stereocenters. The first kappa shape index (κ1) is 18.7. The summed E-state index contributed by atoms with van der Waals surface area (Å²) in [5.41, 5.74) is 3.88. The number of hydrogen-bond acceptors (Lipinski definition) is 2. The maximum atomic E-state index is 10.5. The molecule has 2 heteroatoms. The van der Waals surface area contributed by atoms with Crippen LogP contribution in [0.1, 0.15) is 37.0 Å². The molecule has 2 rings (SSSR count). The van der Waals surface area contributed by atoms with Crippen LogP contribution in [0.5, 0.6) is 0 Å². The van der Waals surface area contributed by atoms with Gasteiger partial charge in [-0.2, -0.15) is 0 Å². The van der Waals surface area contributed by atoms with Crippen LogP contribution in [0.3, 0.4) is 0 Å². The highest BCUT2D eigenvalue weighted by Gasteiger charge is 2.14. The molecule has 130 valence electrons. The smallest absolute Gasteiger partial charge is 0.0707 e. The molecule has 0 aliphatic carbocycles. The predicted octanol–water partition coefficient (Wildman–Crippen LogP) is 4.45. The molecular weight excluding hydrogens is 294 g/mol. The Hall–Kier alpha value is -1.64. The summed E-state index contributed by atoms with van der Waals surface area (Å²) in [6.07, 6.45) is 1.54. The van der Waals surface area contributed by atoms with E-state index in [4.69, 9.17) is 0 Å². The SMILES string of the molecule is Cc1ccccc1CN(CCC(C)C)C[C@@H](O)Cc1ccccc1. The topological polar surface area (TPSA) is 23.5 Å². The van der Waals surface area contributed by atoms with Gasteiger partial charge in [-0.3, -0.25) is 4.90 Å². The van der Waals surface area contributed by atoms with Gasteiger partial charge in [0.2, 0.25) is 0 Å². The van der Waals surface area contributed by atoms with E-state index in [1.54, 1.807) is 0 Å². The van der Waals surface area contributed by atoms with Gasteiger partial charge in [0, 0.05) is 13.1 Å². The molecule has 24 heavy (non-hydrogen) atoms. The van der Waals surface area contributed by atoms with Crippen molar-refractivity contribution < 1.29 is 5.11 Å². The Bertz CT molecular complexity index is 594. The maximum absolute atomic E-state index is 10.5. The Balaban J connectivity index is 1.98. The third-order valence-corrected chi connectivity index (χ3v) is 4.46. The van der Waals surface area contributed by atoms with Gasteiger partial charge in [-0.1, -0.05) is 68.4 Å². The van der Waals surface area contributed by atoms with E-state index >= 15 is 0 Å². The van der Waals surface area contributed by atoms with E-state index < -0.39 is 0 Å². The molecule has 0 aliphatic heterocycles. The van der Waals surface area contributed by atoms with E-state index in [-0.39, 0.29) is 6.10 Å². The fourth-order valence-electron chi connectivity index (χ4n) is 2.95. The summed E-state index contributed by atoms with van der Waals surface area (Å²) in [5, 5.41) is 10.5. The molecule has 0 heterocycles. The van der Waals surface area contributed by atoms with E-state index in [9.17, 15) is 5.11 Å². The van der Waals surface area contributed by atoms with Crippen LogP contribution in [0.4, 0.5) is 0 Å². The van der Waals surface area contributed by atoms with Crippen LogP contribution in [0, 0.1) is 12.8 Å². The van der Waals surface area contributed by atoms with Crippen LogP contribution in [-0.2, 0) is 13.0 Å². The molecule has 0 aliphatic rings. The lowest BCUT2D eigenvalue weighted by atomic mass is 10.0. The number of aliphatic hydroxyl groups is 1. The second-order valence-electron chi connectivity index (χ2n) is 7.19. The quantitative estimate of drug-likeness (QED) is 0.736. The zero-order valence-electron chi connectivity index (χ0n) is 15.3. The van der Waals surface area contributed by atoms with Crippen LogP contribution in [0.25, 0.3) is 0 Å². The van der Waals surface area contributed by atoms with Gasteiger partial charge in [0.15, 0.2) is 0 Å². The van der Waals surface area contributed by atoms with Gasteiger partial charge in [-0.25, -0.2) is 0 Å². The van der Waals surface area contributed by atoms with Crippen molar-refractivity contribution in [2.45, 2.75) is 46.3 Å². The molecule has 0 amide bonds. The average molecular weight is 325 g/mol. The first-order valence-electron chi connectivity index (χ1n) is 9.03. The molecule has 0 radical (unpaired) electrons. The van der Waals surface area contributed by atoms with Crippen molar-refractivity contribution >= 4 is 0 Å². The molecule has 0 spiro atoms. The molecule has 2 aromatic carbocycles. The Morgan fingerprint density at radius 2 is 1.62 bits per heavy atom. The van der Waals surface area contributed by atoms with Gasteiger partial charge in [0.25, 0.3) is 0 Å². The van der Waals surface area contributed by atoms with Crippen molar-refractivity contribution in [1.29, 1.82) is 0 Å². The van der Waals surface area contributed by atoms with E-state index in [0.29, 0.717) is 12.3 Å². The zero-order chi connectivity index (χ0) is 17.4. The lowest BCUT2D eigenvalue weighted by Gasteiger charge is -2.26. The zero-order valence-corrected chi connectivity index (χ0v) is 15.3. The number of nitrogens with zero attached hydrogens (tertiary/aromatic N) is 1. The normalized spacial score (nSPS) is 12.8. The van der Waals surface area contributed by atoms with E-state index in [0.717, 1.165) is 26.1 Å². The summed E-state index contributed by atoms with van der Waals surface area (Å²) < 4.78 is 0. The highest BCUT2D eigenvalue weighted by molar-refractivity contribution is 5.25. The predicted molar refractivity (Wildman–Crippen MR) is 102 cm³/mol. The van der Waals surface area contributed by atoms with Crippen LogP contribution >= 0.6 is 0 Å². The van der Waals surface area contributed by atoms with E-state index in [1.165, 1.54) is 16.7 Å². The van der Waals surface area contributed by atoms with Gasteiger partial charge in [0.05, 0.1) is 6.10 Å². The standard InChI is InChI=1S/C22H31NO/c1-18(2)13-14-23(16-21-12-8-7-9-19(21)3)17-22(24)15-20-10-5-4-6-11-20/h4-12,18,22,24H,13-17H2,1-3H3/t22-/m0/s1. The lowest BCUT2D eigenvalue weighted by Crippen LogP contribution is -2.34. The van der Waals surface area contributed by atoms with E-state index in [2.05, 4.69) is 62.1 Å². The molecule has 0 bridgehead atoms. The Morgan fingerprint density at radius 1 is 0.958 bits per heavy atom. The number of aryl methyl sites for hydroxylation is 1. The molecule has 1 atom stereocenters. The Labute approximate surface area is 147 Å². The minimum atomic E-state index is -0.330. The Morgan fingerprint density at radius 3 is 2.29 bits per heavy atom. The molecule has 0 aromatic heterocycles. The van der Waals surface area contributed by atoms with Crippen molar-refractivity contribution in [3.63, 3.8) is 0 Å². The highest BCUT2D eigenvalue weighted by atomic mass is 16.3. The fraction of sp³-hybridized carbons (Fsp3) is 0.455. The van der Waals surface area contributed by atoms with Gasteiger partial charge in [-0.15, -0.1) is 0 Å². The number of benzene rings is 2.